The molecule has 0 heterocycles. The number of carboxylic acid groups (broad SMARTS) is 1. The Bertz CT molecular complexity index is 1140. The average Bonchev–Trinajstić information content (AvgIpc) is 2.83. The van der Waals surface area contributed by atoms with Gasteiger partial charge in [0.1, 0.15) is 6.04 Å². The summed E-state index contributed by atoms with van der Waals surface area (Å²) in [5, 5.41) is 17.4. The number of carbonyl (C=O) groups is 3. The fourth-order valence-electron chi connectivity index (χ4n) is 3.42. The molecule has 0 unspecified atom stereocenters. The predicted molar refractivity (Wildman–Crippen MR) is 134 cm³/mol. The minimum Gasteiger partial charge on any atom is -0.480 e. The topological polar surface area (TPSA) is 108 Å². The number of amides is 3. The molecule has 0 aromatic heterocycles. The van der Waals surface area contributed by atoms with E-state index in [1.165, 1.54) is 5.56 Å². The molecule has 34 heavy (non-hydrogen) atoms. The molecule has 0 saturated heterocycles. The summed E-state index contributed by atoms with van der Waals surface area (Å²) in [6.45, 7) is 5.57. The van der Waals surface area contributed by atoms with Crippen LogP contribution >= 0.6 is 0 Å². The maximum absolute atomic E-state index is 12.4. The number of benzene rings is 3. The number of carbonyl (C=O) groups excluding carboxylic acids is 2. The second kappa shape index (κ2) is 11.1. The molecule has 3 rings (SSSR count). The molecule has 0 bridgehead atoms. The van der Waals surface area contributed by atoms with Gasteiger partial charge in [0.25, 0.3) is 5.91 Å². The van der Waals surface area contributed by atoms with E-state index in [2.05, 4.69) is 22.9 Å². The van der Waals surface area contributed by atoms with Gasteiger partial charge < -0.3 is 21.1 Å². The first-order chi connectivity index (χ1) is 16.3. The molecule has 4 N–H and O–H groups in total. The van der Waals surface area contributed by atoms with E-state index in [1.54, 1.807) is 50.2 Å². The van der Waals surface area contributed by atoms with Crippen molar-refractivity contribution in [1.82, 2.24) is 5.32 Å². The molecule has 0 fully saturated rings. The van der Waals surface area contributed by atoms with Crippen molar-refractivity contribution in [2.24, 2.45) is 5.92 Å². The minimum absolute atomic E-state index is 0.225. The number of hydrogen-bond acceptors (Lipinski definition) is 3. The van der Waals surface area contributed by atoms with Crippen LogP contribution in [0.2, 0.25) is 0 Å². The zero-order valence-electron chi connectivity index (χ0n) is 19.5. The van der Waals surface area contributed by atoms with Crippen molar-refractivity contribution in [1.29, 1.82) is 0 Å². The molecule has 0 saturated carbocycles. The third kappa shape index (κ3) is 6.45. The number of urea groups is 1. The molecule has 3 amide bonds. The Hall–Kier alpha value is -4.13. The molecule has 0 aliphatic carbocycles. The van der Waals surface area contributed by atoms with Crippen molar-refractivity contribution >= 4 is 29.3 Å². The second-order valence-electron chi connectivity index (χ2n) is 8.32. The van der Waals surface area contributed by atoms with Gasteiger partial charge in [-0.3, -0.25) is 4.79 Å². The Labute approximate surface area is 199 Å². The van der Waals surface area contributed by atoms with Crippen LogP contribution in [0, 0.1) is 5.92 Å². The van der Waals surface area contributed by atoms with E-state index in [0.29, 0.717) is 11.3 Å². The van der Waals surface area contributed by atoms with Gasteiger partial charge in [-0.05, 0) is 65.4 Å². The Balaban J connectivity index is 1.60. The number of aryl methyl sites for hydroxylation is 1. The fraction of sp³-hybridized carbons (Fsp3) is 0.222. The van der Waals surface area contributed by atoms with Gasteiger partial charge in [0, 0.05) is 16.9 Å². The van der Waals surface area contributed by atoms with Crippen LogP contribution in [0.15, 0.2) is 72.8 Å². The summed E-state index contributed by atoms with van der Waals surface area (Å²) >= 11 is 0. The van der Waals surface area contributed by atoms with Crippen molar-refractivity contribution < 1.29 is 19.5 Å². The van der Waals surface area contributed by atoms with Gasteiger partial charge in [0.15, 0.2) is 0 Å². The van der Waals surface area contributed by atoms with Crippen molar-refractivity contribution in [2.45, 2.75) is 33.2 Å². The summed E-state index contributed by atoms with van der Waals surface area (Å²) in [4.78, 5) is 36.0. The Kier molecular flexibility index (Phi) is 8.03. The van der Waals surface area contributed by atoms with Crippen molar-refractivity contribution in [3.8, 4) is 11.1 Å². The molecule has 7 heteroatoms. The molecule has 3 aromatic carbocycles. The van der Waals surface area contributed by atoms with E-state index in [9.17, 15) is 19.5 Å². The van der Waals surface area contributed by atoms with E-state index in [4.69, 9.17) is 0 Å². The molecule has 7 nitrogen and oxygen atoms in total. The zero-order valence-corrected chi connectivity index (χ0v) is 19.5. The predicted octanol–water partition coefficient (Wildman–Crippen LogP) is 5.40. The van der Waals surface area contributed by atoms with E-state index in [0.717, 1.165) is 23.2 Å². The summed E-state index contributed by atoms with van der Waals surface area (Å²) in [6, 6.07) is 20.7. The third-order valence-electron chi connectivity index (χ3n) is 5.46. The first-order valence-electron chi connectivity index (χ1n) is 11.2. The standard InChI is InChI=1S/C27H29N3O4/c1-4-18-5-13-22(14-6-18)28-27(34)29-23-15-11-20(12-16-23)19-7-9-21(10-8-19)25(31)30-24(17(2)3)26(32)33/h5-17,24H,4H2,1-3H3,(H,30,31)(H,32,33)(H2,28,29,34)/t24-/m0/s1. The lowest BCUT2D eigenvalue weighted by Crippen LogP contribution is -2.44. The summed E-state index contributed by atoms with van der Waals surface area (Å²) in [7, 11) is 0. The van der Waals surface area contributed by atoms with Gasteiger partial charge >= 0.3 is 12.0 Å². The zero-order chi connectivity index (χ0) is 24.7. The number of hydrogen-bond donors (Lipinski definition) is 4. The van der Waals surface area contributed by atoms with Gasteiger partial charge in [-0.2, -0.15) is 0 Å². The lowest BCUT2D eigenvalue weighted by molar-refractivity contribution is -0.140. The second-order valence-corrected chi connectivity index (χ2v) is 8.32. The Morgan fingerprint density at radius 3 is 1.68 bits per heavy atom. The summed E-state index contributed by atoms with van der Waals surface area (Å²) in [6.07, 6.45) is 0.943. The van der Waals surface area contributed by atoms with Crippen LogP contribution in [0.3, 0.4) is 0 Å². The molecular formula is C27H29N3O4. The molecule has 0 aliphatic heterocycles. The molecule has 1 atom stereocenters. The molecule has 0 aliphatic rings. The van der Waals surface area contributed by atoms with Gasteiger partial charge in [0.05, 0.1) is 0 Å². The number of rotatable bonds is 8. The quantitative estimate of drug-likeness (QED) is 0.362. The van der Waals surface area contributed by atoms with Gasteiger partial charge in [0.2, 0.25) is 0 Å². The number of nitrogens with one attached hydrogen (secondary N) is 3. The molecular weight excluding hydrogens is 430 g/mol. The minimum atomic E-state index is -1.06. The van der Waals surface area contributed by atoms with Crippen LogP contribution in [-0.4, -0.2) is 29.1 Å². The smallest absolute Gasteiger partial charge is 0.326 e. The SMILES string of the molecule is CCc1ccc(NC(=O)Nc2ccc(-c3ccc(C(=O)N[C@H](C(=O)O)C(C)C)cc3)cc2)cc1. The van der Waals surface area contributed by atoms with Crippen LogP contribution in [-0.2, 0) is 11.2 Å². The number of anilines is 2. The summed E-state index contributed by atoms with van der Waals surface area (Å²) in [5.74, 6) is -1.71. The highest BCUT2D eigenvalue weighted by atomic mass is 16.4. The van der Waals surface area contributed by atoms with Crippen LogP contribution < -0.4 is 16.0 Å². The molecule has 0 spiro atoms. The maximum atomic E-state index is 12.4. The van der Waals surface area contributed by atoms with Gasteiger partial charge in [-0.25, -0.2) is 9.59 Å². The van der Waals surface area contributed by atoms with Crippen LogP contribution in [0.5, 0.6) is 0 Å². The lowest BCUT2D eigenvalue weighted by Gasteiger charge is -2.18. The van der Waals surface area contributed by atoms with E-state index < -0.39 is 17.9 Å². The van der Waals surface area contributed by atoms with Crippen molar-refractivity contribution in [2.75, 3.05) is 10.6 Å². The first kappa shape index (κ1) is 24.5. The average molecular weight is 460 g/mol. The Morgan fingerprint density at radius 1 is 0.765 bits per heavy atom. The first-order valence-corrected chi connectivity index (χ1v) is 11.2. The lowest BCUT2D eigenvalue weighted by atomic mass is 10.0. The molecule has 3 aromatic rings. The highest BCUT2D eigenvalue weighted by molar-refractivity contribution is 6.00. The fourth-order valence-corrected chi connectivity index (χ4v) is 3.42. The number of carboxylic acids is 1. The Morgan fingerprint density at radius 2 is 1.24 bits per heavy atom. The van der Waals surface area contributed by atoms with E-state index in [1.807, 2.05) is 36.4 Å². The van der Waals surface area contributed by atoms with Crippen LogP contribution in [0.1, 0.15) is 36.7 Å². The highest BCUT2D eigenvalue weighted by Gasteiger charge is 2.23. The van der Waals surface area contributed by atoms with Crippen molar-refractivity contribution in [3.63, 3.8) is 0 Å². The number of aliphatic carboxylic acids is 1. The van der Waals surface area contributed by atoms with E-state index >= 15 is 0 Å². The molecule has 176 valence electrons. The van der Waals surface area contributed by atoms with Crippen LogP contribution in [0.4, 0.5) is 16.2 Å². The van der Waals surface area contributed by atoms with Crippen molar-refractivity contribution in [3.05, 3.63) is 83.9 Å². The maximum Gasteiger partial charge on any atom is 0.326 e. The van der Waals surface area contributed by atoms with E-state index in [-0.39, 0.29) is 11.9 Å². The van der Waals surface area contributed by atoms with Gasteiger partial charge in [-0.1, -0.05) is 57.2 Å². The highest BCUT2D eigenvalue weighted by Crippen LogP contribution is 2.22. The third-order valence-corrected chi connectivity index (χ3v) is 5.46. The summed E-state index contributed by atoms with van der Waals surface area (Å²) in [5.41, 5.74) is 4.77. The summed E-state index contributed by atoms with van der Waals surface area (Å²) < 4.78 is 0. The molecule has 0 radical (unpaired) electrons. The largest absolute Gasteiger partial charge is 0.480 e. The monoisotopic (exact) mass is 459 g/mol. The van der Waals surface area contributed by atoms with Crippen LogP contribution in [0.25, 0.3) is 11.1 Å². The van der Waals surface area contributed by atoms with Gasteiger partial charge in [-0.15, -0.1) is 0 Å². The normalized spacial score (nSPS) is 11.5.